The van der Waals surface area contributed by atoms with Gasteiger partial charge in [-0.25, -0.2) is 4.98 Å². The van der Waals surface area contributed by atoms with Gasteiger partial charge in [-0.2, -0.15) is 13.2 Å². The molecule has 0 spiro atoms. The Labute approximate surface area is 165 Å². The maximum atomic E-state index is 12.6. The lowest BCUT2D eigenvalue weighted by Crippen LogP contribution is -2.43. The van der Waals surface area contributed by atoms with Gasteiger partial charge < -0.3 is 14.5 Å². The van der Waals surface area contributed by atoms with Gasteiger partial charge in [0.1, 0.15) is 5.02 Å². The molecule has 0 N–H and O–H groups in total. The summed E-state index contributed by atoms with van der Waals surface area (Å²) in [6.07, 6.45) is -0.0826. The van der Waals surface area contributed by atoms with E-state index in [2.05, 4.69) is 9.72 Å². The summed E-state index contributed by atoms with van der Waals surface area (Å²) in [5.74, 6) is -0.586. The number of rotatable bonds is 4. The van der Waals surface area contributed by atoms with E-state index in [1.807, 2.05) is 4.90 Å². The van der Waals surface area contributed by atoms with E-state index in [-0.39, 0.29) is 34.2 Å². The third-order valence-corrected chi connectivity index (χ3v) is 5.25. The average Bonchev–Trinajstić information content (AvgIpc) is 3.20. The van der Waals surface area contributed by atoms with E-state index in [1.165, 1.54) is 6.07 Å². The quantitative estimate of drug-likeness (QED) is 0.752. The lowest BCUT2D eigenvalue weighted by molar-refractivity contribution is -0.154. The minimum Gasteiger partial charge on any atom is -0.467 e. The molecule has 0 aliphatic carbocycles. The van der Waals surface area contributed by atoms with Crippen LogP contribution in [0.25, 0.3) is 0 Å². The molecule has 2 aliphatic heterocycles. The molecule has 1 aromatic rings. The molecule has 0 saturated carbocycles. The number of piperidine rings is 1. The summed E-state index contributed by atoms with van der Waals surface area (Å²) in [4.78, 5) is 32.3. The number of likely N-dealkylation sites (tertiary alicyclic amines) is 2. The van der Waals surface area contributed by atoms with Crippen molar-refractivity contribution in [3.05, 3.63) is 22.8 Å². The number of pyridine rings is 1. The predicted octanol–water partition coefficient (Wildman–Crippen LogP) is 3.15. The zero-order chi connectivity index (χ0) is 20.3. The van der Waals surface area contributed by atoms with E-state index in [4.69, 9.17) is 11.6 Å². The zero-order valence-corrected chi connectivity index (χ0v) is 15.9. The Kier molecular flexibility index (Phi) is 6.32. The largest absolute Gasteiger partial charge is 0.467 e. The second kappa shape index (κ2) is 8.55. The van der Waals surface area contributed by atoms with Crippen LogP contribution in [0, 0.1) is 5.92 Å². The highest BCUT2D eigenvalue weighted by atomic mass is 35.5. The van der Waals surface area contributed by atoms with E-state index in [9.17, 15) is 22.8 Å². The van der Waals surface area contributed by atoms with Crippen LogP contribution in [-0.4, -0.2) is 65.6 Å². The molecule has 154 valence electrons. The van der Waals surface area contributed by atoms with Gasteiger partial charge >= 0.3 is 6.18 Å². The standard InChI is InChI=1S/C18H21ClF3N3O3/c19-14-9-13(10-23-15(14)28-11-18(20,21)22)17(27)25-7-3-12(4-8-25)16(26)24-5-1-2-6-24/h9-10,12H,1-8,11H2. The number of hydrogen-bond acceptors (Lipinski definition) is 4. The summed E-state index contributed by atoms with van der Waals surface area (Å²) >= 11 is 5.90. The molecular weight excluding hydrogens is 399 g/mol. The normalized spacial score (nSPS) is 18.4. The molecule has 0 aromatic carbocycles. The predicted molar refractivity (Wildman–Crippen MR) is 95.2 cm³/mol. The summed E-state index contributed by atoms with van der Waals surface area (Å²) in [6.45, 7) is 0.988. The van der Waals surface area contributed by atoms with E-state index in [0.717, 1.165) is 32.1 Å². The monoisotopic (exact) mass is 419 g/mol. The van der Waals surface area contributed by atoms with Gasteiger partial charge in [0.2, 0.25) is 11.8 Å². The Morgan fingerprint density at radius 1 is 1.14 bits per heavy atom. The van der Waals surface area contributed by atoms with Crippen LogP contribution in [0.4, 0.5) is 13.2 Å². The SMILES string of the molecule is O=C(c1cnc(OCC(F)(F)F)c(Cl)c1)N1CCC(C(=O)N2CCCC2)CC1. The molecule has 28 heavy (non-hydrogen) atoms. The van der Waals surface area contributed by atoms with Crippen LogP contribution in [0.5, 0.6) is 5.88 Å². The molecule has 2 aliphatic rings. The van der Waals surface area contributed by atoms with Crippen LogP contribution in [0.15, 0.2) is 12.3 Å². The van der Waals surface area contributed by atoms with E-state index >= 15 is 0 Å². The maximum Gasteiger partial charge on any atom is 0.422 e. The van der Waals surface area contributed by atoms with E-state index in [0.29, 0.717) is 25.9 Å². The molecule has 10 heteroatoms. The third kappa shape index (κ3) is 5.06. The highest BCUT2D eigenvalue weighted by molar-refractivity contribution is 6.32. The Bertz CT molecular complexity index is 731. The van der Waals surface area contributed by atoms with Crippen molar-refractivity contribution in [3.63, 3.8) is 0 Å². The van der Waals surface area contributed by atoms with E-state index < -0.39 is 12.8 Å². The minimum absolute atomic E-state index is 0.0676. The number of nitrogens with zero attached hydrogens (tertiary/aromatic N) is 3. The Balaban J connectivity index is 1.56. The smallest absolute Gasteiger partial charge is 0.422 e. The number of ether oxygens (including phenoxy) is 1. The lowest BCUT2D eigenvalue weighted by atomic mass is 9.95. The first-order chi connectivity index (χ1) is 13.2. The molecule has 2 amide bonds. The molecule has 6 nitrogen and oxygen atoms in total. The highest BCUT2D eigenvalue weighted by Crippen LogP contribution is 2.27. The Morgan fingerprint density at radius 3 is 2.36 bits per heavy atom. The van der Waals surface area contributed by atoms with Crippen molar-refractivity contribution in [2.24, 2.45) is 5.92 Å². The molecule has 1 aromatic heterocycles. The summed E-state index contributed by atoms with van der Waals surface area (Å²) in [5.41, 5.74) is 0.175. The van der Waals surface area contributed by atoms with Gasteiger partial charge in [0.15, 0.2) is 6.61 Å². The van der Waals surface area contributed by atoms with Gasteiger partial charge in [-0.3, -0.25) is 9.59 Å². The summed E-state index contributed by atoms with van der Waals surface area (Å²) in [5, 5.41) is -0.158. The number of aromatic nitrogens is 1. The fourth-order valence-corrected chi connectivity index (χ4v) is 3.73. The van der Waals surface area contributed by atoms with Crippen LogP contribution in [0.3, 0.4) is 0 Å². The highest BCUT2D eigenvalue weighted by Gasteiger charge is 2.32. The van der Waals surface area contributed by atoms with Crippen LogP contribution in [0.1, 0.15) is 36.0 Å². The van der Waals surface area contributed by atoms with Crippen molar-refractivity contribution in [1.82, 2.24) is 14.8 Å². The molecule has 3 heterocycles. The number of halogens is 4. The van der Waals surface area contributed by atoms with Gasteiger partial charge in [0.25, 0.3) is 5.91 Å². The summed E-state index contributed by atoms with van der Waals surface area (Å²) < 4.78 is 41.2. The Morgan fingerprint density at radius 2 is 1.79 bits per heavy atom. The first-order valence-corrected chi connectivity index (χ1v) is 9.55. The summed E-state index contributed by atoms with van der Waals surface area (Å²) in [7, 11) is 0. The molecule has 2 saturated heterocycles. The molecular formula is C18H21ClF3N3O3. The number of amides is 2. The minimum atomic E-state index is -4.50. The number of carbonyl (C=O) groups excluding carboxylic acids is 2. The average molecular weight is 420 g/mol. The fourth-order valence-electron chi connectivity index (χ4n) is 3.51. The molecule has 0 radical (unpaired) electrons. The van der Waals surface area contributed by atoms with Crippen molar-refractivity contribution in [1.29, 1.82) is 0 Å². The second-order valence-electron chi connectivity index (χ2n) is 7.01. The Hall–Kier alpha value is -2.03. The number of carbonyl (C=O) groups is 2. The third-order valence-electron chi connectivity index (χ3n) is 4.98. The topological polar surface area (TPSA) is 62.7 Å². The van der Waals surface area contributed by atoms with Crippen molar-refractivity contribution in [2.45, 2.75) is 31.9 Å². The lowest BCUT2D eigenvalue weighted by Gasteiger charge is -2.33. The van der Waals surface area contributed by atoms with Crippen molar-refractivity contribution in [2.75, 3.05) is 32.8 Å². The number of hydrogen-bond donors (Lipinski definition) is 0. The summed E-state index contributed by atoms with van der Waals surface area (Å²) in [6, 6.07) is 1.25. The maximum absolute atomic E-state index is 12.6. The van der Waals surface area contributed by atoms with Gasteiger partial charge in [0, 0.05) is 38.3 Å². The molecule has 0 atom stereocenters. The van der Waals surface area contributed by atoms with Gasteiger partial charge in [-0.1, -0.05) is 11.6 Å². The van der Waals surface area contributed by atoms with Crippen molar-refractivity contribution in [3.8, 4) is 5.88 Å². The van der Waals surface area contributed by atoms with E-state index in [1.54, 1.807) is 4.90 Å². The van der Waals surface area contributed by atoms with Crippen molar-refractivity contribution >= 4 is 23.4 Å². The molecule has 0 unspecified atom stereocenters. The van der Waals surface area contributed by atoms with Gasteiger partial charge in [0.05, 0.1) is 5.56 Å². The first kappa shape index (κ1) is 20.7. The fraction of sp³-hybridized carbons (Fsp3) is 0.611. The van der Waals surface area contributed by atoms with Crippen LogP contribution in [0.2, 0.25) is 5.02 Å². The first-order valence-electron chi connectivity index (χ1n) is 9.18. The van der Waals surface area contributed by atoms with Gasteiger partial charge in [-0.05, 0) is 31.7 Å². The van der Waals surface area contributed by atoms with Crippen LogP contribution in [-0.2, 0) is 4.79 Å². The van der Waals surface area contributed by atoms with Crippen LogP contribution < -0.4 is 4.74 Å². The second-order valence-corrected chi connectivity index (χ2v) is 7.42. The van der Waals surface area contributed by atoms with Crippen molar-refractivity contribution < 1.29 is 27.5 Å². The number of alkyl halides is 3. The van der Waals surface area contributed by atoms with Gasteiger partial charge in [-0.15, -0.1) is 0 Å². The molecule has 2 fully saturated rings. The molecule has 0 bridgehead atoms. The van der Waals surface area contributed by atoms with Crippen LogP contribution >= 0.6 is 11.6 Å². The molecule has 3 rings (SSSR count). The zero-order valence-electron chi connectivity index (χ0n) is 15.2.